The van der Waals surface area contributed by atoms with E-state index in [4.69, 9.17) is 4.98 Å². The minimum atomic E-state index is -0.286. The second kappa shape index (κ2) is 8.22. The van der Waals surface area contributed by atoms with E-state index in [9.17, 15) is 9.59 Å². The summed E-state index contributed by atoms with van der Waals surface area (Å²) < 4.78 is 0. The van der Waals surface area contributed by atoms with E-state index < -0.39 is 0 Å². The van der Waals surface area contributed by atoms with Gasteiger partial charge < -0.3 is 20.1 Å². The van der Waals surface area contributed by atoms with Crippen LogP contribution in [0.2, 0.25) is 0 Å². The Labute approximate surface area is 181 Å². The van der Waals surface area contributed by atoms with Crippen LogP contribution in [-0.4, -0.2) is 56.8 Å². The van der Waals surface area contributed by atoms with Gasteiger partial charge in [-0.25, -0.2) is 9.97 Å². The molecule has 8 heteroatoms. The molecule has 1 aliphatic rings. The minimum Gasteiger partial charge on any atom is -0.352 e. The first-order valence-electron chi connectivity index (χ1n) is 10.3. The number of hydrogen-bond donors (Lipinski definition) is 2. The Hall–Kier alpha value is -3.68. The van der Waals surface area contributed by atoms with Gasteiger partial charge in [-0.15, -0.1) is 0 Å². The molecular formula is C23H26N6O2. The number of hydrogen-bond acceptors (Lipinski definition) is 5. The van der Waals surface area contributed by atoms with Crippen molar-refractivity contribution in [3.05, 3.63) is 49.3 Å². The fourth-order valence-corrected chi connectivity index (χ4v) is 4.36. The Balaban J connectivity index is 1.65. The molecule has 0 spiro atoms. The number of rotatable bonds is 4. The Morgan fingerprint density at radius 1 is 1.26 bits per heavy atom. The third-order valence-corrected chi connectivity index (χ3v) is 5.60. The van der Waals surface area contributed by atoms with Gasteiger partial charge in [0, 0.05) is 49.2 Å². The Kier molecular flexibility index (Phi) is 5.46. The van der Waals surface area contributed by atoms with Crippen molar-refractivity contribution >= 4 is 34.4 Å². The van der Waals surface area contributed by atoms with Crippen LogP contribution in [0.15, 0.2) is 49.3 Å². The Morgan fingerprint density at radius 3 is 2.68 bits per heavy atom. The minimum absolute atomic E-state index is 0.104. The van der Waals surface area contributed by atoms with Crippen LogP contribution in [0.5, 0.6) is 0 Å². The summed E-state index contributed by atoms with van der Waals surface area (Å²) in [7, 11) is 0. The number of aromatic nitrogens is 3. The molecule has 1 saturated heterocycles. The predicted octanol–water partition coefficient (Wildman–Crippen LogP) is 3.19. The molecule has 1 fully saturated rings. The van der Waals surface area contributed by atoms with Crippen molar-refractivity contribution in [3.63, 3.8) is 0 Å². The van der Waals surface area contributed by atoms with E-state index in [1.807, 2.05) is 35.4 Å². The van der Waals surface area contributed by atoms with Gasteiger partial charge in [-0.2, -0.15) is 0 Å². The van der Waals surface area contributed by atoms with Gasteiger partial charge >= 0.3 is 0 Å². The van der Waals surface area contributed by atoms with Gasteiger partial charge in [0.2, 0.25) is 11.8 Å². The molecule has 4 rings (SSSR count). The lowest BCUT2D eigenvalue weighted by atomic mass is 10.1. The number of carbonyl (C=O) groups is 2. The molecule has 0 aliphatic carbocycles. The molecule has 0 aromatic carbocycles. The van der Waals surface area contributed by atoms with Crippen LogP contribution in [-0.2, 0) is 9.59 Å². The van der Waals surface area contributed by atoms with Gasteiger partial charge in [0.05, 0.1) is 17.6 Å². The highest BCUT2D eigenvalue weighted by Crippen LogP contribution is 2.30. The lowest BCUT2D eigenvalue weighted by Gasteiger charge is -2.44. The fraction of sp³-hybridized carbons (Fsp3) is 0.304. The van der Waals surface area contributed by atoms with Crippen molar-refractivity contribution < 1.29 is 9.59 Å². The monoisotopic (exact) mass is 418 g/mol. The highest BCUT2D eigenvalue weighted by molar-refractivity contribution is 6.01. The molecule has 0 saturated carbocycles. The molecule has 1 aliphatic heterocycles. The van der Waals surface area contributed by atoms with Gasteiger partial charge in [-0.1, -0.05) is 12.6 Å². The molecule has 8 nitrogen and oxygen atoms in total. The third-order valence-electron chi connectivity index (χ3n) is 5.60. The standard InChI is InChI=1S/C23H26N6O2/c1-5-22(31)26-17-9-18-19(11-25-23(18)24-10-17)20-7-6-8-21(27-20)28-12-14(2)29(16(4)30)15(3)13-28/h5-11,14-15H,1,12-13H2,2-4H3,(H,24,25)(H,26,31)/t14-,15+. The number of fused-ring (bicyclic) bond motifs is 1. The molecule has 0 bridgehead atoms. The van der Waals surface area contributed by atoms with E-state index in [-0.39, 0.29) is 23.9 Å². The molecule has 0 unspecified atom stereocenters. The van der Waals surface area contributed by atoms with E-state index in [0.717, 1.165) is 41.2 Å². The largest absolute Gasteiger partial charge is 0.352 e. The summed E-state index contributed by atoms with van der Waals surface area (Å²) in [6.45, 7) is 10.7. The highest BCUT2D eigenvalue weighted by Gasteiger charge is 2.31. The number of aromatic amines is 1. The van der Waals surface area contributed by atoms with Gasteiger partial charge in [0.15, 0.2) is 0 Å². The summed E-state index contributed by atoms with van der Waals surface area (Å²) in [5.41, 5.74) is 3.03. The summed E-state index contributed by atoms with van der Waals surface area (Å²) in [4.78, 5) is 40.2. The zero-order valence-electron chi connectivity index (χ0n) is 17.9. The molecular weight excluding hydrogens is 392 g/mol. The summed E-state index contributed by atoms with van der Waals surface area (Å²) in [6.07, 6.45) is 4.70. The average Bonchev–Trinajstić information content (AvgIpc) is 3.16. The second-order valence-corrected chi connectivity index (χ2v) is 7.93. The molecule has 3 aromatic rings. The van der Waals surface area contributed by atoms with Gasteiger partial charge in [0.25, 0.3) is 0 Å². The van der Waals surface area contributed by atoms with Crippen LogP contribution in [0.4, 0.5) is 11.5 Å². The zero-order chi connectivity index (χ0) is 22.1. The maximum Gasteiger partial charge on any atom is 0.247 e. The van der Waals surface area contributed by atoms with E-state index >= 15 is 0 Å². The van der Waals surface area contributed by atoms with Crippen molar-refractivity contribution in [2.45, 2.75) is 32.9 Å². The van der Waals surface area contributed by atoms with Crippen LogP contribution in [0.3, 0.4) is 0 Å². The molecule has 2 atom stereocenters. The number of H-pyrrole nitrogens is 1. The van der Waals surface area contributed by atoms with Crippen LogP contribution in [0, 0.1) is 0 Å². The molecule has 2 N–H and O–H groups in total. The van der Waals surface area contributed by atoms with E-state index in [1.165, 1.54) is 6.08 Å². The second-order valence-electron chi connectivity index (χ2n) is 7.93. The summed E-state index contributed by atoms with van der Waals surface area (Å²) >= 11 is 0. The van der Waals surface area contributed by atoms with Crippen molar-refractivity contribution in [2.75, 3.05) is 23.3 Å². The topological polar surface area (TPSA) is 94.2 Å². The average molecular weight is 419 g/mol. The number of pyridine rings is 2. The van der Waals surface area contributed by atoms with Crippen molar-refractivity contribution in [3.8, 4) is 11.3 Å². The molecule has 0 radical (unpaired) electrons. The first-order chi connectivity index (χ1) is 14.9. The van der Waals surface area contributed by atoms with E-state index in [1.54, 1.807) is 13.1 Å². The molecule has 2 amide bonds. The van der Waals surface area contributed by atoms with Crippen molar-refractivity contribution in [2.24, 2.45) is 0 Å². The van der Waals surface area contributed by atoms with Gasteiger partial charge in [-0.05, 0) is 38.1 Å². The number of nitrogens with zero attached hydrogens (tertiary/aromatic N) is 4. The molecule has 160 valence electrons. The SMILES string of the molecule is C=CC(=O)Nc1cnc2[nH]cc(-c3cccc(N4C[C@@H](C)N(C(C)=O)[C@@H](C)C4)n3)c2c1. The Morgan fingerprint density at radius 2 is 2.00 bits per heavy atom. The first-order valence-corrected chi connectivity index (χ1v) is 10.3. The maximum atomic E-state index is 12.0. The smallest absolute Gasteiger partial charge is 0.247 e. The number of carbonyl (C=O) groups excluding carboxylic acids is 2. The number of piperazine rings is 1. The highest BCUT2D eigenvalue weighted by atomic mass is 16.2. The molecule has 4 heterocycles. The van der Waals surface area contributed by atoms with Crippen LogP contribution >= 0.6 is 0 Å². The number of amides is 2. The van der Waals surface area contributed by atoms with Crippen LogP contribution in [0.25, 0.3) is 22.3 Å². The van der Waals surface area contributed by atoms with Crippen molar-refractivity contribution in [1.29, 1.82) is 0 Å². The fourth-order valence-electron chi connectivity index (χ4n) is 4.36. The quantitative estimate of drug-likeness (QED) is 0.635. The zero-order valence-corrected chi connectivity index (χ0v) is 17.9. The van der Waals surface area contributed by atoms with E-state index in [0.29, 0.717) is 5.69 Å². The third kappa shape index (κ3) is 4.01. The predicted molar refractivity (Wildman–Crippen MR) is 122 cm³/mol. The number of anilines is 2. The Bertz CT molecular complexity index is 1140. The van der Waals surface area contributed by atoms with Crippen molar-refractivity contribution in [1.82, 2.24) is 19.9 Å². The summed E-state index contributed by atoms with van der Waals surface area (Å²) in [5, 5.41) is 3.61. The van der Waals surface area contributed by atoms with Crippen LogP contribution < -0.4 is 10.2 Å². The molecule has 3 aromatic heterocycles. The lowest BCUT2D eigenvalue weighted by Crippen LogP contribution is -2.58. The van der Waals surface area contributed by atoms with Gasteiger partial charge in [0.1, 0.15) is 11.5 Å². The van der Waals surface area contributed by atoms with Gasteiger partial charge in [-0.3, -0.25) is 9.59 Å². The summed E-state index contributed by atoms with van der Waals surface area (Å²) in [6, 6.07) is 8.04. The normalized spacial score (nSPS) is 18.8. The summed E-state index contributed by atoms with van der Waals surface area (Å²) in [5.74, 6) is 0.691. The van der Waals surface area contributed by atoms with E-state index in [2.05, 4.69) is 40.6 Å². The van der Waals surface area contributed by atoms with Crippen LogP contribution in [0.1, 0.15) is 20.8 Å². The lowest BCUT2D eigenvalue weighted by molar-refractivity contribution is -0.133. The maximum absolute atomic E-state index is 12.0. The number of nitrogens with one attached hydrogen (secondary N) is 2. The molecule has 31 heavy (non-hydrogen) atoms. The first kappa shape index (κ1) is 20.6.